The molecule has 2 aromatic heterocycles. The van der Waals surface area contributed by atoms with Crippen LogP contribution in [0.15, 0.2) is 67.2 Å². The molecule has 4 heterocycles. The number of halogens is 1. The van der Waals surface area contributed by atoms with Crippen LogP contribution in [-0.4, -0.2) is 88.1 Å². The average Bonchev–Trinajstić information content (AvgIpc) is 3.77. The maximum absolute atomic E-state index is 12.1. The summed E-state index contributed by atoms with van der Waals surface area (Å²) in [5.74, 6) is 0.980. The minimum absolute atomic E-state index is 0.0573. The molecule has 0 bridgehead atoms. The van der Waals surface area contributed by atoms with Crippen LogP contribution in [0.25, 0.3) is 22.2 Å². The van der Waals surface area contributed by atoms with E-state index in [4.69, 9.17) is 19.3 Å². The molecule has 0 aliphatic carbocycles. The molecule has 7 rings (SSSR count). The highest BCUT2D eigenvalue weighted by molar-refractivity contribution is 14.1. The van der Waals surface area contributed by atoms with E-state index in [1.807, 2.05) is 13.0 Å². The first-order chi connectivity index (χ1) is 25.9. The number of rotatable bonds is 12. The SMILES string of the molecule is CCOc1cc(CN2CCC(Nc3nc4cc(S(=O)(=O)CC)ccc4o3)CC2)cc(N)c1I.CCS(=O)(=O)c1ccc2oc(NC3CCNCC3)nc2c1. The smallest absolute Gasteiger partial charge is 0.295 e. The van der Waals surface area contributed by atoms with Crippen molar-refractivity contribution in [3.8, 4) is 5.75 Å². The van der Waals surface area contributed by atoms with Gasteiger partial charge in [-0.15, -0.1) is 0 Å². The van der Waals surface area contributed by atoms with Crippen molar-refractivity contribution in [2.45, 2.75) is 74.9 Å². The van der Waals surface area contributed by atoms with Gasteiger partial charge in [-0.2, -0.15) is 9.97 Å². The van der Waals surface area contributed by atoms with E-state index in [2.05, 4.69) is 59.5 Å². The highest BCUT2D eigenvalue weighted by Crippen LogP contribution is 2.30. The summed E-state index contributed by atoms with van der Waals surface area (Å²) in [5.41, 5.74) is 10.4. The summed E-state index contributed by atoms with van der Waals surface area (Å²) in [6.45, 7) is 10.5. The molecule has 3 aromatic carbocycles. The fourth-order valence-electron chi connectivity index (χ4n) is 6.50. The predicted octanol–water partition coefficient (Wildman–Crippen LogP) is 6.07. The summed E-state index contributed by atoms with van der Waals surface area (Å²) >= 11 is 2.22. The van der Waals surface area contributed by atoms with Gasteiger partial charge in [-0.25, -0.2) is 16.8 Å². The number of likely N-dealkylation sites (tertiary alicyclic amines) is 1. The quantitative estimate of drug-likeness (QED) is 0.0833. The van der Waals surface area contributed by atoms with Gasteiger partial charge in [0.15, 0.2) is 30.8 Å². The van der Waals surface area contributed by atoms with Crippen LogP contribution in [0.5, 0.6) is 5.75 Å². The lowest BCUT2D eigenvalue weighted by molar-refractivity contribution is 0.210. The summed E-state index contributed by atoms with van der Waals surface area (Å²) in [6.07, 6.45) is 3.95. The average molecular weight is 894 g/mol. The molecule has 2 saturated heterocycles. The Bertz CT molecular complexity index is 2280. The summed E-state index contributed by atoms with van der Waals surface area (Å²) in [5, 5.41) is 9.95. The molecule has 14 nitrogen and oxygen atoms in total. The molecule has 0 radical (unpaired) electrons. The first kappa shape index (κ1) is 40.0. The molecule has 5 N–H and O–H groups in total. The number of piperidine rings is 2. The number of ether oxygens (including phenoxy) is 1. The Hall–Kier alpha value is -3.65. The second-order valence-corrected chi connectivity index (χ2v) is 19.0. The molecule has 2 aliphatic heterocycles. The molecule has 0 atom stereocenters. The van der Waals surface area contributed by atoms with Crippen LogP contribution in [0.4, 0.5) is 17.7 Å². The minimum Gasteiger partial charge on any atom is -0.493 e. The topological polar surface area (TPSA) is 195 Å². The molecule has 0 saturated carbocycles. The lowest BCUT2D eigenvalue weighted by atomic mass is 10.0. The molecule has 0 amide bonds. The first-order valence-electron chi connectivity index (χ1n) is 18.3. The molecule has 292 valence electrons. The number of nitrogens with two attached hydrogens (primary N) is 1. The standard InChI is InChI=1S/C23H29IN4O4S.C14H19N3O3S/c1-3-31-21-12-15(11-18(25)22(21)24)14-28-9-7-16(8-10-28)26-23-27-19-13-17(33(29,30)4-2)5-6-20(19)32-23;1-2-21(18,19)11-3-4-13-12(9-11)17-14(20-13)16-10-5-7-15-8-6-10/h5-6,11-13,16H,3-4,7-10,14,25H2,1-2H3,(H,26,27);3-4,9-10,15H,2,5-8H2,1H3,(H,16,17). The number of nitrogens with zero attached hydrogens (tertiary/aromatic N) is 3. The number of nitrogens with one attached hydrogen (secondary N) is 3. The van der Waals surface area contributed by atoms with Crippen LogP contribution < -0.4 is 26.4 Å². The lowest BCUT2D eigenvalue weighted by Gasteiger charge is -2.32. The maximum atomic E-state index is 12.1. The number of sulfone groups is 2. The highest BCUT2D eigenvalue weighted by atomic mass is 127. The second kappa shape index (κ2) is 17.4. The first-order valence-corrected chi connectivity index (χ1v) is 22.7. The Balaban J connectivity index is 0.000000203. The van der Waals surface area contributed by atoms with Gasteiger partial charge in [-0.1, -0.05) is 13.8 Å². The Kier molecular flexibility index (Phi) is 12.9. The van der Waals surface area contributed by atoms with E-state index >= 15 is 0 Å². The number of hydrogen-bond acceptors (Lipinski definition) is 14. The van der Waals surface area contributed by atoms with Crippen molar-refractivity contribution in [3.63, 3.8) is 0 Å². The van der Waals surface area contributed by atoms with Crippen molar-refractivity contribution in [1.82, 2.24) is 20.2 Å². The van der Waals surface area contributed by atoms with Crippen molar-refractivity contribution in [2.75, 3.05) is 60.7 Å². The third-order valence-electron chi connectivity index (χ3n) is 9.61. The molecule has 5 aromatic rings. The van der Waals surface area contributed by atoms with Gasteiger partial charge in [0.2, 0.25) is 0 Å². The van der Waals surface area contributed by atoms with E-state index < -0.39 is 19.7 Å². The van der Waals surface area contributed by atoms with Crippen LogP contribution in [0.2, 0.25) is 0 Å². The minimum atomic E-state index is -3.27. The number of anilines is 3. The molecule has 0 spiro atoms. The molecule has 2 fully saturated rings. The van der Waals surface area contributed by atoms with E-state index in [0.29, 0.717) is 51.8 Å². The number of oxazole rings is 2. The molecular formula is C37H48IN7O7S2. The van der Waals surface area contributed by atoms with Crippen molar-refractivity contribution in [3.05, 3.63) is 57.7 Å². The predicted molar refractivity (Wildman–Crippen MR) is 220 cm³/mol. The largest absolute Gasteiger partial charge is 0.493 e. The van der Waals surface area contributed by atoms with Gasteiger partial charge < -0.3 is 35.3 Å². The number of fused-ring (bicyclic) bond motifs is 2. The van der Waals surface area contributed by atoms with E-state index in [1.54, 1.807) is 50.2 Å². The number of hydrogen-bond donors (Lipinski definition) is 4. The van der Waals surface area contributed by atoms with E-state index in [-0.39, 0.29) is 22.4 Å². The van der Waals surface area contributed by atoms with Gasteiger partial charge in [-0.05, 0) is 122 Å². The van der Waals surface area contributed by atoms with Crippen LogP contribution >= 0.6 is 22.6 Å². The van der Waals surface area contributed by atoms with Crippen LogP contribution in [0, 0.1) is 3.57 Å². The van der Waals surface area contributed by atoms with E-state index in [9.17, 15) is 16.8 Å². The Labute approximate surface area is 330 Å². The Morgan fingerprint density at radius 3 is 1.83 bits per heavy atom. The maximum Gasteiger partial charge on any atom is 0.295 e. The molecule has 54 heavy (non-hydrogen) atoms. The van der Waals surface area contributed by atoms with Gasteiger partial charge in [0.25, 0.3) is 12.0 Å². The number of nitrogen functional groups attached to an aromatic ring is 1. The van der Waals surface area contributed by atoms with Crippen LogP contribution in [0.1, 0.15) is 52.0 Å². The Morgan fingerprint density at radius 2 is 1.33 bits per heavy atom. The zero-order valence-electron chi connectivity index (χ0n) is 30.7. The van der Waals surface area contributed by atoms with Gasteiger partial charge >= 0.3 is 0 Å². The number of benzene rings is 3. The van der Waals surface area contributed by atoms with Crippen molar-refractivity contribution < 1.29 is 30.4 Å². The monoisotopic (exact) mass is 893 g/mol. The summed E-state index contributed by atoms with van der Waals surface area (Å²) < 4.78 is 66.1. The number of aromatic nitrogens is 2. The lowest BCUT2D eigenvalue weighted by Crippen LogP contribution is -2.38. The van der Waals surface area contributed by atoms with Gasteiger partial charge in [-0.3, -0.25) is 4.90 Å². The highest BCUT2D eigenvalue weighted by Gasteiger charge is 2.23. The Morgan fingerprint density at radius 1 is 0.815 bits per heavy atom. The summed E-state index contributed by atoms with van der Waals surface area (Å²) in [6, 6.07) is 15.2. The zero-order valence-corrected chi connectivity index (χ0v) is 34.5. The molecule has 2 aliphatic rings. The fraction of sp³-hybridized carbons (Fsp3) is 0.459. The molecule has 17 heteroatoms. The van der Waals surface area contributed by atoms with Crippen molar-refractivity contribution in [1.29, 1.82) is 0 Å². The van der Waals surface area contributed by atoms with Crippen LogP contribution in [-0.2, 0) is 26.2 Å². The third kappa shape index (κ3) is 9.77. The third-order valence-corrected chi connectivity index (χ3v) is 14.2. The van der Waals surface area contributed by atoms with Crippen LogP contribution in [0.3, 0.4) is 0 Å². The molecule has 0 unspecified atom stereocenters. The van der Waals surface area contributed by atoms with E-state index in [1.165, 1.54) is 0 Å². The van der Waals surface area contributed by atoms with Crippen molar-refractivity contribution in [2.24, 2.45) is 0 Å². The van der Waals surface area contributed by atoms with Gasteiger partial charge in [0.05, 0.1) is 31.5 Å². The van der Waals surface area contributed by atoms with Gasteiger partial charge in [0.1, 0.15) is 16.8 Å². The molecular weight excluding hydrogens is 845 g/mol. The fourth-order valence-corrected chi connectivity index (χ4v) is 8.76. The normalized spacial score (nSPS) is 16.3. The van der Waals surface area contributed by atoms with Crippen molar-refractivity contribution >= 4 is 82.2 Å². The zero-order chi connectivity index (χ0) is 38.5. The summed E-state index contributed by atoms with van der Waals surface area (Å²) in [4.78, 5) is 11.8. The summed E-state index contributed by atoms with van der Waals surface area (Å²) in [7, 11) is -6.49. The van der Waals surface area contributed by atoms with E-state index in [0.717, 1.165) is 79.0 Å². The van der Waals surface area contributed by atoms with Gasteiger partial charge in [0, 0.05) is 37.4 Å². The second-order valence-electron chi connectivity index (χ2n) is 13.4.